The second-order valence-electron chi connectivity index (χ2n) is 9.52. The molecular weight excluding hydrogens is 298 g/mol. The van der Waals surface area contributed by atoms with Crippen molar-refractivity contribution in [3.63, 3.8) is 0 Å². The third-order valence-electron chi connectivity index (χ3n) is 7.04. The van der Waals surface area contributed by atoms with Crippen LogP contribution >= 0.6 is 0 Å². The minimum absolute atomic E-state index is 0.0255. The van der Waals surface area contributed by atoms with Crippen molar-refractivity contribution in [2.24, 2.45) is 21.7 Å². The quantitative estimate of drug-likeness (QED) is 0.795. The van der Waals surface area contributed by atoms with Crippen LogP contribution in [0.25, 0.3) is 0 Å². The Labute approximate surface area is 145 Å². The van der Waals surface area contributed by atoms with E-state index in [2.05, 4.69) is 41.5 Å². The number of aliphatic hydroxyl groups is 1. The number of hydrogen-bond donors (Lipinski definition) is 2. The molecule has 3 nitrogen and oxygen atoms in total. The molecule has 2 aliphatic rings. The molecule has 2 N–H and O–H groups in total. The highest BCUT2D eigenvalue weighted by Gasteiger charge is 2.65. The summed E-state index contributed by atoms with van der Waals surface area (Å²) in [6, 6.07) is 5.63. The van der Waals surface area contributed by atoms with Crippen LogP contribution in [0.15, 0.2) is 23.2 Å². The standard InChI is InChI=1S/C21H31NO2/c1-19(2,3)14-7-8-16(23)13(11-14)12-22-17-15-9-10-21(6,18(17)24)20(15,4)5/h7-8,11-12,15,17-18,23-24H,9-10H2,1-6H3. The van der Waals surface area contributed by atoms with Crippen LogP contribution in [0.1, 0.15) is 65.5 Å². The molecule has 1 aromatic carbocycles. The number of nitrogens with zero attached hydrogens (tertiary/aromatic N) is 1. The van der Waals surface area contributed by atoms with Crippen LogP contribution in [0, 0.1) is 16.7 Å². The number of fused-ring (bicyclic) bond motifs is 2. The zero-order valence-corrected chi connectivity index (χ0v) is 15.8. The predicted octanol–water partition coefficient (Wildman–Crippen LogP) is 4.29. The Kier molecular flexibility index (Phi) is 3.87. The summed E-state index contributed by atoms with van der Waals surface area (Å²) in [5, 5.41) is 21.0. The van der Waals surface area contributed by atoms with Gasteiger partial charge in [0.05, 0.1) is 12.1 Å². The molecule has 2 aliphatic carbocycles. The minimum Gasteiger partial charge on any atom is -0.507 e. The zero-order chi connectivity index (χ0) is 17.9. The van der Waals surface area contributed by atoms with Crippen molar-refractivity contribution >= 4 is 6.21 Å². The lowest BCUT2D eigenvalue weighted by molar-refractivity contribution is 0.00624. The molecule has 24 heavy (non-hydrogen) atoms. The largest absolute Gasteiger partial charge is 0.507 e. The fraction of sp³-hybridized carbons (Fsp3) is 0.667. The summed E-state index contributed by atoms with van der Waals surface area (Å²) in [5.41, 5.74) is 1.97. The van der Waals surface area contributed by atoms with E-state index in [1.807, 2.05) is 12.1 Å². The fourth-order valence-electron chi connectivity index (χ4n) is 4.76. The molecule has 1 aromatic rings. The maximum absolute atomic E-state index is 10.8. The predicted molar refractivity (Wildman–Crippen MR) is 98.8 cm³/mol. The van der Waals surface area contributed by atoms with Crippen molar-refractivity contribution in [3.05, 3.63) is 29.3 Å². The Bertz CT molecular complexity index is 671. The second kappa shape index (κ2) is 5.32. The second-order valence-corrected chi connectivity index (χ2v) is 9.52. The number of aliphatic hydroxyl groups excluding tert-OH is 1. The molecule has 0 saturated heterocycles. The van der Waals surface area contributed by atoms with Crippen LogP contribution in [0.5, 0.6) is 5.75 Å². The Balaban J connectivity index is 1.90. The van der Waals surface area contributed by atoms with Crippen molar-refractivity contribution in [1.29, 1.82) is 0 Å². The van der Waals surface area contributed by atoms with E-state index in [4.69, 9.17) is 4.99 Å². The van der Waals surface area contributed by atoms with E-state index in [9.17, 15) is 10.2 Å². The van der Waals surface area contributed by atoms with Gasteiger partial charge in [-0.05, 0) is 47.3 Å². The van der Waals surface area contributed by atoms with Gasteiger partial charge in [0.2, 0.25) is 0 Å². The summed E-state index contributed by atoms with van der Waals surface area (Å²) in [4.78, 5) is 4.75. The third-order valence-corrected chi connectivity index (χ3v) is 7.04. The number of aliphatic imine (C=N–C) groups is 1. The number of phenolic OH excluding ortho intramolecular Hbond substituents is 1. The Morgan fingerprint density at radius 3 is 2.42 bits per heavy atom. The smallest absolute Gasteiger partial charge is 0.124 e. The zero-order valence-electron chi connectivity index (χ0n) is 15.8. The van der Waals surface area contributed by atoms with Crippen molar-refractivity contribution in [2.45, 2.75) is 71.9 Å². The summed E-state index contributed by atoms with van der Waals surface area (Å²) in [5.74, 6) is 0.650. The van der Waals surface area contributed by atoms with Gasteiger partial charge in [0, 0.05) is 17.2 Å². The molecule has 0 heterocycles. The van der Waals surface area contributed by atoms with Crippen molar-refractivity contribution < 1.29 is 10.2 Å². The van der Waals surface area contributed by atoms with Crippen LogP contribution in [-0.2, 0) is 5.41 Å². The molecule has 0 amide bonds. The first kappa shape index (κ1) is 17.5. The van der Waals surface area contributed by atoms with Crippen LogP contribution in [0.4, 0.5) is 0 Å². The lowest BCUT2D eigenvalue weighted by atomic mass is 9.70. The first-order chi connectivity index (χ1) is 11.0. The van der Waals surface area contributed by atoms with Crippen LogP contribution in [0.2, 0.25) is 0 Å². The van der Waals surface area contributed by atoms with Crippen LogP contribution in [-0.4, -0.2) is 28.6 Å². The summed E-state index contributed by atoms with van der Waals surface area (Å²) < 4.78 is 0. The number of rotatable bonds is 2. The van der Waals surface area contributed by atoms with E-state index in [0.717, 1.165) is 18.4 Å². The molecule has 4 unspecified atom stereocenters. The van der Waals surface area contributed by atoms with Crippen molar-refractivity contribution in [3.8, 4) is 5.75 Å². The van der Waals surface area contributed by atoms with Gasteiger partial charge in [-0.2, -0.15) is 0 Å². The van der Waals surface area contributed by atoms with Gasteiger partial charge in [0.25, 0.3) is 0 Å². The SMILES string of the molecule is CC(C)(C)c1ccc(O)c(C=NC2C3CCC(C)(C2O)C3(C)C)c1. The van der Waals surface area contributed by atoms with Gasteiger partial charge in [0.1, 0.15) is 5.75 Å². The molecule has 2 bridgehead atoms. The molecule has 3 heteroatoms. The maximum Gasteiger partial charge on any atom is 0.124 e. The highest BCUT2D eigenvalue weighted by atomic mass is 16.3. The molecule has 0 aromatic heterocycles. The van der Waals surface area contributed by atoms with Gasteiger partial charge in [0.15, 0.2) is 0 Å². The molecule has 2 saturated carbocycles. The van der Waals surface area contributed by atoms with E-state index < -0.39 is 6.10 Å². The van der Waals surface area contributed by atoms with Gasteiger partial charge in [-0.1, -0.05) is 47.6 Å². The van der Waals surface area contributed by atoms with Gasteiger partial charge < -0.3 is 10.2 Å². The highest BCUT2D eigenvalue weighted by molar-refractivity contribution is 5.84. The number of benzene rings is 1. The normalized spacial score (nSPS) is 35.0. The van der Waals surface area contributed by atoms with E-state index >= 15 is 0 Å². The van der Waals surface area contributed by atoms with Crippen LogP contribution in [0.3, 0.4) is 0 Å². The summed E-state index contributed by atoms with van der Waals surface area (Å²) in [7, 11) is 0. The Morgan fingerprint density at radius 2 is 1.88 bits per heavy atom. The van der Waals surface area contributed by atoms with E-state index in [-0.39, 0.29) is 28.0 Å². The number of phenols is 1. The Morgan fingerprint density at radius 1 is 1.21 bits per heavy atom. The number of aromatic hydroxyl groups is 1. The van der Waals surface area contributed by atoms with Gasteiger partial charge >= 0.3 is 0 Å². The van der Waals surface area contributed by atoms with Crippen molar-refractivity contribution in [2.75, 3.05) is 0 Å². The average molecular weight is 329 g/mol. The number of hydrogen-bond acceptors (Lipinski definition) is 3. The lowest BCUT2D eigenvalue weighted by Gasteiger charge is -2.36. The van der Waals surface area contributed by atoms with Gasteiger partial charge in [-0.25, -0.2) is 0 Å². The van der Waals surface area contributed by atoms with Gasteiger partial charge in [-0.15, -0.1) is 0 Å². The van der Waals surface area contributed by atoms with Crippen molar-refractivity contribution in [1.82, 2.24) is 0 Å². The fourth-order valence-corrected chi connectivity index (χ4v) is 4.76. The molecule has 0 aliphatic heterocycles. The first-order valence-corrected chi connectivity index (χ1v) is 9.03. The lowest BCUT2D eigenvalue weighted by Crippen LogP contribution is -2.39. The Hall–Kier alpha value is -1.35. The molecule has 132 valence electrons. The molecule has 4 atom stereocenters. The van der Waals surface area contributed by atoms with E-state index in [1.54, 1.807) is 12.3 Å². The maximum atomic E-state index is 10.8. The van der Waals surface area contributed by atoms with E-state index in [1.165, 1.54) is 5.56 Å². The molecular formula is C21H31NO2. The van der Waals surface area contributed by atoms with Crippen LogP contribution < -0.4 is 0 Å². The molecule has 0 radical (unpaired) electrons. The monoisotopic (exact) mass is 329 g/mol. The van der Waals surface area contributed by atoms with E-state index in [0.29, 0.717) is 5.92 Å². The third kappa shape index (κ3) is 2.40. The summed E-state index contributed by atoms with van der Waals surface area (Å²) >= 11 is 0. The summed E-state index contributed by atoms with van der Waals surface area (Å²) in [6.07, 6.45) is 3.55. The molecule has 0 spiro atoms. The molecule has 3 rings (SSSR count). The van der Waals surface area contributed by atoms with Gasteiger partial charge in [-0.3, -0.25) is 4.99 Å². The summed E-state index contributed by atoms with van der Waals surface area (Å²) in [6.45, 7) is 13.2. The average Bonchev–Trinajstić information content (AvgIpc) is 2.78. The topological polar surface area (TPSA) is 52.8 Å². The first-order valence-electron chi connectivity index (χ1n) is 9.03. The highest BCUT2D eigenvalue weighted by Crippen LogP contribution is 2.66. The minimum atomic E-state index is -0.407. The molecule has 2 fully saturated rings.